The summed E-state index contributed by atoms with van der Waals surface area (Å²) >= 11 is 9.33. The zero-order valence-electron chi connectivity index (χ0n) is 18.6. The van der Waals surface area contributed by atoms with Crippen LogP contribution in [-0.2, 0) is 27.9 Å². The lowest BCUT2D eigenvalue weighted by atomic mass is 10.1. The summed E-state index contributed by atoms with van der Waals surface area (Å²) in [6.45, 7) is 6.10. The number of piperazine rings is 1. The van der Waals surface area contributed by atoms with E-state index in [1.54, 1.807) is 18.2 Å². The van der Waals surface area contributed by atoms with Gasteiger partial charge in [0.05, 0.1) is 5.75 Å². The molecule has 0 aromatic heterocycles. The van der Waals surface area contributed by atoms with Gasteiger partial charge in [0.1, 0.15) is 5.75 Å². The Kier molecular flexibility index (Phi) is 8.80. The van der Waals surface area contributed by atoms with Gasteiger partial charge in [-0.15, -0.1) is 0 Å². The average molecular weight is 560 g/mol. The van der Waals surface area contributed by atoms with E-state index in [1.165, 1.54) is 5.56 Å². The Hall–Kier alpha value is -1.65. The fraction of sp³-hybridized carbons (Fsp3) is 0.435. The molecule has 7 nitrogen and oxygen atoms in total. The maximum absolute atomic E-state index is 12.9. The highest BCUT2D eigenvalue weighted by molar-refractivity contribution is 9.10. The minimum absolute atomic E-state index is 0.0218. The molecule has 2 atom stereocenters. The van der Waals surface area contributed by atoms with Crippen molar-refractivity contribution in [2.45, 2.75) is 38.9 Å². The van der Waals surface area contributed by atoms with Gasteiger partial charge in [-0.25, -0.2) is 0 Å². The van der Waals surface area contributed by atoms with Crippen molar-refractivity contribution in [1.82, 2.24) is 9.80 Å². The van der Waals surface area contributed by atoms with Crippen molar-refractivity contribution in [1.29, 1.82) is 0 Å². The minimum Gasteiger partial charge on any atom is -0.483 e. The number of carbonyl (C=O) groups excluding carboxylic acids is 1. The summed E-state index contributed by atoms with van der Waals surface area (Å²) < 4.78 is 37.8. The molecule has 1 aliphatic heterocycles. The van der Waals surface area contributed by atoms with Gasteiger partial charge in [0, 0.05) is 41.2 Å². The molecule has 0 saturated carbocycles. The van der Waals surface area contributed by atoms with Gasteiger partial charge in [0.2, 0.25) is 0 Å². The molecule has 1 saturated heterocycles. The molecule has 0 bridgehead atoms. The summed E-state index contributed by atoms with van der Waals surface area (Å²) in [5.41, 5.74) is 1.78. The van der Waals surface area contributed by atoms with E-state index in [0.29, 0.717) is 22.9 Å². The Balaban J connectivity index is 1.59. The molecule has 0 unspecified atom stereocenters. The number of carbonyl (C=O) groups is 1. The largest absolute Gasteiger partial charge is 0.483 e. The van der Waals surface area contributed by atoms with Crippen molar-refractivity contribution in [3.8, 4) is 5.75 Å². The number of ether oxygens (including phenoxy) is 1. The maximum atomic E-state index is 12.9. The molecule has 1 aliphatic rings. The molecule has 0 aliphatic carbocycles. The molecule has 1 amide bonds. The van der Waals surface area contributed by atoms with Gasteiger partial charge in [0.25, 0.3) is 16.0 Å². The Morgan fingerprint density at radius 1 is 1.15 bits per heavy atom. The van der Waals surface area contributed by atoms with E-state index in [2.05, 4.69) is 27.8 Å². The minimum atomic E-state index is -4.10. The molecule has 3 rings (SSSR count). The molecule has 180 valence electrons. The molecule has 1 heterocycles. The molecule has 2 aromatic carbocycles. The lowest BCUT2D eigenvalue weighted by Crippen LogP contribution is -2.58. The van der Waals surface area contributed by atoms with Crippen molar-refractivity contribution >= 4 is 43.6 Å². The van der Waals surface area contributed by atoms with Crippen LogP contribution in [-0.4, -0.2) is 66.2 Å². The van der Waals surface area contributed by atoms with Gasteiger partial charge < -0.3 is 9.64 Å². The smallest absolute Gasteiger partial charge is 0.265 e. The topological polar surface area (TPSA) is 87.2 Å². The summed E-state index contributed by atoms with van der Waals surface area (Å²) in [6, 6.07) is 13.2. The first-order chi connectivity index (χ1) is 15.5. The molecule has 0 radical (unpaired) electrons. The molecule has 0 spiro atoms. The zero-order chi connectivity index (χ0) is 24.2. The lowest BCUT2D eigenvalue weighted by Gasteiger charge is -2.44. The molecular weight excluding hydrogens is 532 g/mol. The second-order valence-corrected chi connectivity index (χ2v) is 11.3. The summed E-state index contributed by atoms with van der Waals surface area (Å²) in [6.07, 6.45) is 0.0820. The summed E-state index contributed by atoms with van der Waals surface area (Å²) in [7, 11) is -4.10. The van der Waals surface area contributed by atoms with Crippen LogP contribution in [0.4, 0.5) is 0 Å². The number of halogens is 2. The monoisotopic (exact) mass is 558 g/mol. The Morgan fingerprint density at radius 2 is 1.85 bits per heavy atom. The van der Waals surface area contributed by atoms with Gasteiger partial charge in [-0.2, -0.15) is 8.42 Å². The van der Waals surface area contributed by atoms with Crippen LogP contribution in [0.5, 0.6) is 5.75 Å². The normalized spacial score (nSPS) is 19.5. The van der Waals surface area contributed by atoms with Gasteiger partial charge >= 0.3 is 0 Å². The highest BCUT2D eigenvalue weighted by Gasteiger charge is 2.32. The van der Waals surface area contributed by atoms with E-state index >= 15 is 0 Å². The van der Waals surface area contributed by atoms with Crippen LogP contribution in [0.15, 0.2) is 46.9 Å². The first kappa shape index (κ1) is 26.0. The van der Waals surface area contributed by atoms with Crippen LogP contribution >= 0.6 is 27.5 Å². The van der Waals surface area contributed by atoms with Gasteiger partial charge in [0.15, 0.2) is 6.61 Å². The summed E-state index contributed by atoms with van der Waals surface area (Å²) in [5, 5.41) is 0.711. The fourth-order valence-corrected chi connectivity index (χ4v) is 4.95. The summed E-state index contributed by atoms with van der Waals surface area (Å²) in [5.74, 6) is -0.112. The zero-order valence-corrected chi connectivity index (χ0v) is 21.7. The molecule has 33 heavy (non-hydrogen) atoms. The SMILES string of the molecule is C[C@@H]1CN(Cc2ccc(Cl)cc2)[C@@H](C)CN1C(=O)COc1ccc(Br)cc1CCS(=O)(=O)O. The third-order valence-corrected chi connectivity index (χ3v) is 7.20. The van der Waals surface area contributed by atoms with Crippen molar-refractivity contribution < 1.29 is 22.5 Å². The molecule has 1 N–H and O–H groups in total. The van der Waals surface area contributed by atoms with Crippen LogP contribution in [0.3, 0.4) is 0 Å². The van der Waals surface area contributed by atoms with Crippen molar-refractivity contribution in [2.24, 2.45) is 0 Å². The Labute approximate surface area is 208 Å². The van der Waals surface area contributed by atoms with Gasteiger partial charge in [-0.05, 0) is 61.7 Å². The highest BCUT2D eigenvalue weighted by atomic mass is 79.9. The Morgan fingerprint density at radius 3 is 2.52 bits per heavy atom. The van der Waals surface area contributed by atoms with Crippen LogP contribution in [0, 0.1) is 0 Å². The number of hydrogen-bond acceptors (Lipinski definition) is 5. The van der Waals surface area contributed by atoms with Crippen LogP contribution in [0.1, 0.15) is 25.0 Å². The van der Waals surface area contributed by atoms with Crippen molar-refractivity contribution in [3.05, 3.63) is 63.1 Å². The van der Waals surface area contributed by atoms with Crippen molar-refractivity contribution in [3.63, 3.8) is 0 Å². The number of amides is 1. The number of rotatable bonds is 8. The average Bonchev–Trinajstić information content (AvgIpc) is 2.74. The quantitative estimate of drug-likeness (QED) is 0.492. The van der Waals surface area contributed by atoms with Crippen LogP contribution < -0.4 is 4.74 Å². The first-order valence-corrected chi connectivity index (χ1v) is 13.4. The van der Waals surface area contributed by atoms with Gasteiger partial charge in [-0.1, -0.05) is 39.7 Å². The number of hydrogen-bond donors (Lipinski definition) is 1. The van der Waals surface area contributed by atoms with E-state index in [9.17, 15) is 13.2 Å². The maximum Gasteiger partial charge on any atom is 0.265 e. The number of aryl methyl sites for hydroxylation is 1. The predicted molar refractivity (Wildman–Crippen MR) is 132 cm³/mol. The molecule has 10 heteroatoms. The predicted octanol–water partition coefficient (Wildman–Crippen LogP) is 4.03. The third kappa shape index (κ3) is 7.68. The van der Waals surface area contributed by atoms with Gasteiger partial charge in [-0.3, -0.25) is 14.2 Å². The molecule has 1 fully saturated rings. The fourth-order valence-electron chi connectivity index (χ4n) is 3.94. The highest BCUT2D eigenvalue weighted by Crippen LogP contribution is 2.25. The van der Waals surface area contributed by atoms with Crippen molar-refractivity contribution in [2.75, 3.05) is 25.4 Å². The first-order valence-electron chi connectivity index (χ1n) is 10.7. The standard InChI is InChI=1S/C23H28BrClN2O5S/c1-16-13-27(17(2)12-26(16)14-18-3-6-21(25)7-4-18)23(28)15-32-22-8-5-20(24)11-19(22)9-10-33(29,30)31/h3-8,11,16-17H,9-10,12-15H2,1-2H3,(H,29,30,31)/t16-,17+/m0/s1. The van der Waals surface area contributed by atoms with Crippen LogP contribution in [0.2, 0.25) is 5.02 Å². The second-order valence-electron chi connectivity index (χ2n) is 8.38. The van der Waals surface area contributed by atoms with E-state index < -0.39 is 15.9 Å². The Bertz CT molecular complexity index is 1080. The second kappa shape index (κ2) is 11.2. The number of benzene rings is 2. The van der Waals surface area contributed by atoms with E-state index in [0.717, 1.165) is 17.6 Å². The molecule has 2 aromatic rings. The van der Waals surface area contributed by atoms with E-state index in [4.69, 9.17) is 20.9 Å². The number of nitrogens with zero attached hydrogens (tertiary/aromatic N) is 2. The van der Waals surface area contributed by atoms with E-state index in [-0.39, 0.29) is 31.0 Å². The third-order valence-electron chi connectivity index (χ3n) is 5.74. The van der Waals surface area contributed by atoms with Crippen LogP contribution in [0.25, 0.3) is 0 Å². The summed E-state index contributed by atoms with van der Waals surface area (Å²) in [4.78, 5) is 17.1. The molecular formula is C23H28BrClN2O5S. The lowest BCUT2D eigenvalue weighted by molar-refractivity contribution is -0.139. The van der Waals surface area contributed by atoms with E-state index in [1.807, 2.05) is 36.1 Å².